The Morgan fingerprint density at radius 1 is 1.04 bits per heavy atom. The van der Waals surface area contributed by atoms with Crippen molar-refractivity contribution in [3.05, 3.63) is 66.0 Å². The van der Waals surface area contributed by atoms with Crippen molar-refractivity contribution >= 4 is 23.6 Å². The summed E-state index contributed by atoms with van der Waals surface area (Å²) in [6.45, 7) is 4.21. The molecule has 0 aliphatic rings. The number of halogens is 1. The van der Waals surface area contributed by atoms with E-state index in [1.165, 1.54) is 23.1 Å². The molecule has 1 unspecified atom stereocenters. The van der Waals surface area contributed by atoms with Gasteiger partial charge in [-0.15, -0.1) is 11.8 Å². The van der Waals surface area contributed by atoms with Gasteiger partial charge >= 0.3 is 0 Å². The molecule has 0 aliphatic carbocycles. The van der Waals surface area contributed by atoms with Crippen molar-refractivity contribution in [2.45, 2.75) is 31.2 Å². The summed E-state index contributed by atoms with van der Waals surface area (Å²) in [6.07, 6.45) is 0.817. The lowest BCUT2D eigenvalue weighted by atomic mass is 10.0. The highest BCUT2D eigenvalue weighted by atomic mass is 32.2. The lowest BCUT2D eigenvalue weighted by Gasteiger charge is -2.22. The number of rotatable bonds is 9. The fraction of sp³-hybridized carbons (Fsp3) is 0.333. The van der Waals surface area contributed by atoms with E-state index in [1.807, 2.05) is 32.0 Å². The summed E-state index contributed by atoms with van der Waals surface area (Å²) in [4.78, 5) is 25.9. The number of nitrogens with one attached hydrogen (secondary N) is 2. The summed E-state index contributed by atoms with van der Waals surface area (Å²) in [5.74, 6) is -0.658. The van der Waals surface area contributed by atoms with Crippen LogP contribution in [-0.2, 0) is 4.79 Å². The molecule has 27 heavy (non-hydrogen) atoms. The monoisotopic (exact) mass is 388 g/mol. The molecule has 2 N–H and O–H groups in total. The average molecular weight is 389 g/mol. The number of carbonyl (C=O) groups excluding carboxylic acids is 2. The summed E-state index contributed by atoms with van der Waals surface area (Å²) in [5, 5.41) is 5.50. The first-order chi connectivity index (χ1) is 13.0. The van der Waals surface area contributed by atoms with Crippen LogP contribution in [0.25, 0.3) is 0 Å². The van der Waals surface area contributed by atoms with Gasteiger partial charge < -0.3 is 10.6 Å². The van der Waals surface area contributed by atoms with Crippen LogP contribution in [-0.4, -0.2) is 30.2 Å². The van der Waals surface area contributed by atoms with E-state index < -0.39 is 17.8 Å². The molecule has 1 atom stereocenters. The lowest BCUT2D eigenvalue weighted by Crippen LogP contribution is -2.50. The Morgan fingerprint density at radius 3 is 2.37 bits per heavy atom. The molecular formula is C21H25FN2O2S. The van der Waals surface area contributed by atoms with Crippen molar-refractivity contribution in [2.75, 3.05) is 12.3 Å². The van der Waals surface area contributed by atoms with Crippen LogP contribution in [0.1, 0.15) is 30.6 Å². The van der Waals surface area contributed by atoms with Crippen LogP contribution in [0.15, 0.2) is 59.5 Å². The van der Waals surface area contributed by atoms with Crippen LogP contribution < -0.4 is 10.6 Å². The number of thioether (sulfide) groups is 1. The van der Waals surface area contributed by atoms with E-state index in [0.29, 0.717) is 6.54 Å². The van der Waals surface area contributed by atoms with Gasteiger partial charge in [0.25, 0.3) is 5.91 Å². The molecule has 0 saturated carbocycles. The van der Waals surface area contributed by atoms with Crippen molar-refractivity contribution in [3.8, 4) is 0 Å². The molecule has 0 aliphatic heterocycles. The molecule has 2 aromatic rings. The van der Waals surface area contributed by atoms with Gasteiger partial charge in [-0.2, -0.15) is 0 Å². The van der Waals surface area contributed by atoms with Crippen molar-refractivity contribution < 1.29 is 14.0 Å². The minimum atomic E-state index is -0.709. The van der Waals surface area contributed by atoms with Crippen molar-refractivity contribution in [2.24, 2.45) is 5.92 Å². The van der Waals surface area contributed by atoms with Gasteiger partial charge in [0.1, 0.15) is 11.9 Å². The van der Waals surface area contributed by atoms with Gasteiger partial charge in [0, 0.05) is 11.4 Å². The zero-order chi connectivity index (χ0) is 19.6. The van der Waals surface area contributed by atoms with E-state index in [-0.39, 0.29) is 17.4 Å². The zero-order valence-corrected chi connectivity index (χ0v) is 16.4. The smallest absolute Gasteiger partial charge is 0.254 e. The maximum absolute atomic E-state index is 13.8. The summed E-state index contributed by atoms with van der Waals surface area (Å²) < 4.78 is 13.8. The zero-order valence-electron chi connectivity index (χ0n) is 15.6. The molecule has 0 fully saturated rings. The van der Waals surface area contributed by atoms with Gasteiger partial charge in [-0.25, -0.2) is 4.39 Å². The molecule has 0 saturated heterocycles. The third-order valence-electron chi connectivity index (χ3n) is 3.99. The predicted molar refractivity (Wildman–Crippen MR) is 107 cm³/mol. The summed E-state index contributed by atoms with van der Waals surface area (Å²) in [7, 11) is 0. The van der Waals surface area contributed by atoms with Crippen molar-refractivity contribution in [1.29, 1.82) is 0 Å². The topological polar surface area (TPSA) is 58.2 Å². The molecule has 4 nitrogen and oxygen atoms in total. The normalized spacial score (nSPS) is 11.9. The van der Waals surface area contributed by atoms with E-state index >= 15 is 0 Å². The molecule has 0 aromatic heterocycles. The van der Waals surface area contributed by atoms with Gasteiger partial charge in [0.2, 0.25) is 5.91 Å². The summed E-state index contributed by atoms with van der Waals surface area (Å²) in [6, 6.07) is 15.1. The molecule has 6 heteroatoms. The van der Waals surface area contributed by atoms with E-state index in [1.54, 1.807) is 17.8 Å². The number of carbonyl (C=O) groups is 2. The number of amides is 2. The minimum absolute atomic E-state index is 0.0600. The van der Waals surface area contributed by atoms with Gasteiger partial charge in [0.05, 0.1) is 5.56 Å². The fourth-order valence-corrected chi connectivity index (χ4v) is 3.37. The second-order valence-corrected chi connectivity index (χ2v) is 7.65. The summed E-state index contributed by atoms with van der Waals surface area (Å²) in [5.41, 5.74) is -0.0600. The fourth-order valence-electron chi connectivity index (χ4n) is 2.50. The summed E-state index contributed by atoms with van der Waals surface area (Å²) >= 11 is 1.73. The van der Waals surface area contributed by atoms with E-state index in [4.69, 9.17) is 0 Å². The molecule has 0 bridgehead atoms. The Balaban J connectivity index is 1.80. The largest absolute Gasteiger partial charge is 0.354 e. The van der Waals surface area contributed by atoms with Crippen molar-refractivity contribution in [3.63, 3.8) is 0 Å². The molecule has 0 heterocycles. The highest BCUT2D eigenvalue weighted by Gasteiger charge is 2.25. The number of benzene rings is 2. The number of hydrogen-bond acceptors (Lipinski definition) is 3. The highest BCUT2D eigenvalue weighted by molar-refractivity contribution is 7.99. The van der Waals surface area contributed by atoms with Gasteiger partial charge in [-0.1, -0.05) is 44.2 Å². The third kappa shape index (κ3) is 6.71. The number of hydrogen-bond donors (Lipinski definition) is 2. The van der Waals surface area contributed by atoms with Crippen molar-refractivity contribution in [1.82, 2.24) is 10.6 Å². The quantitative estimate of drug-likeness (QED) is 0.506. The molecule has 2 amide bonds. The Labute approximate surface area is 163 Å². The third-order valence-corrected chi connectivity index (χ3v) is 5.08. The minimum Gasteiger partial charge on any atom is -0.354 e. The van der Waals surface area contributed by atoms with E-state index in [9.17, 15) is 14.0 Å². The Bertz CT molecular complexity index is 753. The van der Waals surface area contributed by atoms with E-state index in [0.717, 1.165) is 12.2 Å². The van der Waals surface area contributed by atoms with Crippen LogP contribution in [0, 0.1) is 11.7 Å². The molecule has 144 valence electrons. The Hall–Kier alpha value is -2.34. The molecular weight excluding hydrogens is 363 g/mol. The first-order valence-electron chi connectivity index (χ1n) is 9.00. The molecule has 0 radical (unpaired) electrons. The highest BCUT2D eigenvalue weighted by Crippen LogP contribution is 2.17. The Morgan fingerprint density at radius 2 is 1.70 bits per heavy atom. The van der Waals surface area contributed by atoms with Crippen LogP contribution in [0.3, 0.4) is 0 Å². The van der Waals surface area contributed by atoms with Crippen LogP contribution in [0.2, 0.25) is 0 Å². The van der Waals surface area contributed by atoms with Crippen LogP contribution in [0.5, 0.6) is 0 Å². The molecule has 2 aromatic carbocycles. The second kappa shape index (κ2) is 10.7. The van der Waals surface area contributed by atoms with E-state index in [2.05, 4.69) is 22.8 Å². The van der Waals surface area contributed by atoms with Gasteiger partial charge in [0.15, 0.2) is 0 Å². The maximum atomic E-state index is 13.8. The SMILES string of the molecule is CC(C)C(NC(=O)c1ccccc1F)C(=O)NCCCSc1ccccc1. The molecule has 0 spiro atoms. The molecule has 2 rings (SSSR count). The van der Waals surface area contributed by atoms with Crippen LogP contribution >= 0.6 is 11.8 Å². The first-order valence-corrected chi connectivity index (χ1v) is 9.98. The predicted octanol–water partition coefficient (Wildman–Crippen LogP) is 3.88. The first kappa shape index (κ1) is 21.0. The van der Waals surface area contributed by atoms with Gasteiger partial charge in [-0.05, 0) is 42.4 Å². The standard InChI is InChI=1S/C21H25FN2O2S/c1-15(2)19(24-20(25)17-11-6-7-12-18(17)22)21(26)23-13-8-14-27-16-9-4-3-5-10-16/h3-7,9-12,15,19H,8,13-14H2,1-2H3,(H,23,26)(H,24,25). The van der Waals surface area contributed by atoms with Gasteiger partial charge in [-0.3, -0.25) is 9.59 Å². The Kier molecular flexibility index (Phi) is 8.33. The second-order valence-electron chi connectivity index (χ2n) is 6.48. The lowest BCUT2D eigenvalue weighted by molar-refractivity contribution is -0.123. The maximum Gasteiger partial charge on any atom is 0.254 e. The average Bonchev–Trinajstić information content (AvgIpc) is 2.66. The van der Waals surface area contributed by atoms with Crippen LogP contribution in [0.4, 0.5) is 4.39 Å².